The highest BCUT2D eigenvalue weighted by molar-refractivity contribution is 9.10. The van der Waals surface area contributed by atoms with Crippen molar-refractivity contribution >= 4 is 21.9 Å². The number of aromatic hydroxyl groups is 1. The van der Waals surface area contributed by atoms with Gasteiger partial charge in [-0.15, -0.1) is 0 Å². The Labute approximate surface area is 120 Å². The maximum Gasteiger partial charge on any atom is 0.338 e. The molecule has 0 bridgehead atoms. The summed E-state index contributed by atoms with van der Waals surface area (Å²) in [5.41, 5.74) is 2.42. The molecule has 0 unspecified atom stereocenters. The molecule has 0 spiro atoms. The Morgan fingerprint density at radius 3 is 2.47 bits per heavy atom. The van der Waals surface area contributed by atoms with Crippen molar-refractivity contribution in [3.05, 3.63) is 52.5 Å². The second-order valence-corrected chi connectivity index (χ2v) is 4.82. The predicted octanol–water partition coefficient (Wildman–Crippen LogP) is 4.00. The number of carbonyl (C=O) groups excluding carboxylic acids is 1. The van der Waals surface area contributed by atoms with E-state index in [0.29, 0.717) is 12.2 Å². The van der Waals surface area contributed by atoms with Gasteiger partial charge in [0.05, 0.1) is 12.2 Å². The summed E-state index contributed by atoms with van der Waals surface area (Å²) in [5.74, 6) is -0.108. The van der Waals surface area contributed by atoms with Crippen LogP contribution in [0.25, 0.3) is 11.1 Å². The molecule has 0 aliphatic heterocycles. The van der Waals surface area contributed by atoms with Crippen LogP contribution in [0, 0.1) is 0 Å². The lowest BCUT2D eigenvalue weighted by atomic mass is 10.0. The van der Waals surface area contributed by atoms with Crippen molar-refractivity contribution in [1.82, 2.24) is 0 Å². The molecule has 2 rings (SSSR count). The van der Waals surface area contributed by atoms with Gasteiger partial charge in [-0.3, -0.25) is 0 Å². The molecule has 0 heterocycles. The van der Waals surface area contributed by atoms with E-state index in [1.54, 1.807) is 31.2 Å². The van der Waals surface area contributed by atoms with Crippen molar-refractivity contribution in [1.29, 1.82) is 0 Å². The lowest BCUT2D eigenvalue weighted by Crippen LogP contribution is -2.04. The first-order valence-corrected chi connectivity index (χ1v) is 6.67. The zero-order chi connectivity index (χ0) is 13.8. The van der Waals surface area contributed by atoms with Gasteiger partial charge in [-0.05, 0) is 42.3 Å². The molecule has 3 nitrogen and oxygen atoms in total. The Hall–Kier alpha value is -1.81. The summed E-state index contributed by atoms with van der Waals surface area (Å²) in [6.07, 6.45) is 0. The summed E-state index contributed by atoms with van der Waals surface area (Å²) in [7, 11) is 0. The summed E-state index contributed by atoms with van der Waals surface area (Å²) in [6.45, 7) is 2.13. The minimum absolute atomic E-state index is 0.225. The second kappa shape index (κ2) is 5.89. The molecule has 98 valence electrons. The summed E-state index contributed by atoms with van der Waals surface area (Å²) in [5, 5.41) is 9.28. The van der Waals surface area contributed by atoms with Crippen molar-refractivity contribution < 1.29 is 14.6 Å². The first-order valence-electron chi connectivity index (χ1n) is 5.88. The summed E-state index contributed by atoms with van der Waals surface area (Å²) >= 11 is 3.45. The molecule has 4 heteroatoms. The van der Waals surface area contributed by atoms with Crippen molar-refractivity contribution in [2.75, 3.05) is 6.61 Å². The van der Waals surface area contributed by atoms with Gasteiger partial charge in [0.15, 0.2) is 0 Å². The van der Waals surface area contributed by atoms with Crippen LogP contribution in [0.15, 0.2) is 46.9 Å². The monoisotopic (exact) mass is 320 g/mol. The van der Waals surface area contributed by atoms with Crippen LogP contribution in [0.4, 0.5) is 0 Å². The Kier molecular flexibility index (Phi) is 4.22. The highest BCUT2D eigenvalue weighted by Gasteiger charge is 2.10. The third-order valence-electron chi connectivity index (χ3n) is 2.66. The smallest absolute Gasteiger partial charge is 0.338 e. The predicted molar refractivity (Wildman–Crippen MR) is 77.2 cm³/mol. The molecule has 0 amide bonds. The first-order chi connectivity index (χ1) is 9.11. The number of esters is 1. The van der Waals surface area contributed by atoms with Crippen LogP contribution < -0.4 is 0 Å². The first kappa shape index (κ1) is 13.6. The topological polar surface area (TPSA) is 46.5 Å². The molecule has 0 aromatic heterocycles. The van der Waals surface area contributed by atoms with Gasteiger partial charge in [0.2, 0.25) is 0 Å². The van der Waals surface area contributed by atoms with Gasteiger partial charge in [0.25, 0.3) is 0 Å². The largest absolute Gasteiger partial charge is 0.508 e. The van der Waals surface area contributed by atoms with Crippen LogP contribution in [0.1, 0.15) is 17.3 Å². The van der Waals surface area contributed by atoms with E-state index >= 15 is 0 Å². The molecule has 0 fully saturated rings. The van der Waals surface area contributed by atoms with Crippen LogP contribution in [0.3, 0.4) is 0 Å². The van der Waals surface area contributed by atoms with Gasteiger partial charge in [-0.2, -0.15) is 0 Å². The number of ether oxygens (including phenoxy) is 1. The fourth-order valence-electron chi connectivity index (χ4n) is 1.73. The number of rotatable bonds is 3. The molecular formula is C15H13BrO3. The van der Waals surface area contributed by atoms with Gasteiger partial charge in [0, 0.05) is 4.47 Å². The number of phenols is 1. The summed E-state index contributed by atoms with van der Waals surface area (Å²) in [6, 6.07) is 12.2. The van der Waals surface area contributed by atoms with E-state index in [2.05, 4.69) is 15.9 Å². The van der Waals surface area contributed by atoms with E-state index in [9.17, 15) is 9.90 Å². The standard InChI is InChI=1S/C15H13BrO3/c1-2-19-15(18)11-5-8-13(14(16)9-11)10-3-6-12(17)7-4-10/h3-9,17H,2H2,1H3. The van der Waals surface area contributed by atoms with Crippen molar-refractivity contribution in [2.45, 2.75) is 6.92 Å². The van der Waals surface area contributed by atoms with Crippen LogP contribution >= 0.6 is 15.9 Å². The van der Waals surface area contributed by atoms with E-state index in [-0.39, 0.29) is 11.7 Å². The number of phenolic OH excluding ortho intramolecular Hbond substituents is 1. The van der Waals surface area contributed by atoms with Crippen LogP contribution in [0.2, 0.25) is 0 Å². The zero-order valence-corrected chi connectivity index (χ0v) is 12.0. The summed E-state index contributed by atoms with van der Waals surface area (Å²) in [4.78, 5) is 11.6. The zero-order valence-electron chi connectivity index (χ0n) is 10.4. The van der Waals surface area contributed by atoms with Gasteiger partial charge in [-0.1, -0.05) is 34.1 Å². The van der Waals surface area contributed by atoms with E-state index in [4.69, 9.17) is 4.74 Å². The fraction of sp³-hybridized carbons (Fsp3) is 0.133. The quantitative estimate of drug-likeness (QED) is 0.869. The van der Waals surface area contributed by atoms with Crippen molar-refractivity contribution in [3.8, 4) is 16.9 Å². The number of benzene rings is 2. The minimum atomic E-state index is -0.333. The second-order valence-electron chi connectivity index (χ2n) is 3.96. The molecule has 2 aromatic rings. The molecule has 0 aliphatic rings. The summed E-state index contributed by atoms with van der Waals surface area (Å²) < 4.78 is 5.76. The van der Waals surface area contributed by atoms with Gasteiger partial charge < -0.3 is 9.84 Å². The lowest BCUT2D eigenvalue weighted by molar-refractivity contribution is 0.0526. The third-order valence-corrected chi connectivity index (χ3v) is 3.31. The van der Waals surface area contributed by atoms with Crippen LogP contribution in [-0.4, -0.2) is 17.7 Å². The average molecular weight is 321 g/mol. The number of hydrogen-bond acceptors (Lipinski definition) is 3. The Morgan fingerprint density at radius 2 is 1.89 bits per heavy atom. The highest BCUT2D eigenvalue weighted by atomic mass is 79.9. The number of carbonyl (C=O) groups is 1. The molecule has 1 N–H and O–H groups in total. The number of halogens is 1. The Morgan fingerprint density at radius 1 is 1.21 bits per heavy atom. The molecule has 0 saturated carbocycles. The van der Waals surface area contributed by atoms with Crippen molar-refractivity contribution in [3.63, 3.8) is 0 Å². The minimum Gasteiger partial charge on any atom is -0.508 e. The molecule has 0 radical (unpaired) electrons. The molecule has 2 aromatic carbocycles. The Balaban J connectivity index is 2.34. The van der Waals surface area contributed by atoms with Crippen LogP contribution in [0.5, 0.6) is 5.75 Å². The van der Waals surface area contributed by atoms with Gasteiger partial charge in [-0.25, -0.2) is 4.79 Å². The average Bonchev–Trinajstić information content (AvgIpc) is 2.40. The van der Waals surface area contributed by atoms with Crippen LogP contribution in [-0.2, 0) is 4.74 Å². The van der Waals surface area contributed by atoms with E-state index in [1.807, 2.05) is 18.2 Å². The van der Waals surface area contributed by atoms with Gasteiger partial charge >= 0.3 is 5.97 Å². The normalized spacial score (nSPS) is 10.2. The molecule has 0 saturated heterocycles. The maximum atomic E-state index is 11.6. The fourth-order valence-corrected chi connectivity index (χ4v) is 2.34. The highest BCUT2D eigenvalue weighted by Crippen LogP contribution is 2.30. The van der Waals surface area contributed by atoms with Gasteiger partial charge in [0.1, 0.15) is 5.75 Å². The molecular weight excluding hydrogens is 308 g/mol. The van der Waals surface area contributed by atoms with E-state index < -0.39 is 0 Å². The third kappa shape index (κ3) is 3.15. The maximum absolute atomic E-state index is 11.6. The molecule has 0 aliphatic carbocycles. The van der Waals surface area contributed by atoms with E-state index in [1.165, 1.54) is 0 Å². The lowest BCUT2D eigenvalue weighted by Gasteiger charge is -2.07. The number of hydrogen-bond donors (Lipinski definition) is 1. The Bertz CT molecular complexity index is 591. The van der Waals surface area contributed by atoms with E-state index in [0.717, 1.165) is 15.6 Å². The molecule has 0 atom stereocenters. The molecule has 19 heavy (non-hydrogen) atoms. The SMILES string of the molecule is CCOC(=O)c1ccc(-c2ccc(O)cc2)c(Br)c1. The van der Waals surface area contributed by atoms with Crippen molar-refractivity contribution in [2.24, 2.45) is 0 Å².